The van der Waals surface area contributed by atoms with Crippen molar-refractivity contribution in [3.8, 4) is 0 Å². The Hall–Kier alpha value is -1.88. The Bertz CT molecular complexity index is 514. The maximum absolute atomic E-state index is 12.2. The van der Waals surface area contributed by atoms with Gasteiger partial charge in [0.2, 0.25) is 11.8 Å². The highest BCUT2D eigenvalue weighted by molar-refractivity contribution is 5.89. The van der Waals surface area contributed by atoms with E-state index in [9.17, 15) is 9.59 Å². The molecule has 2 amide bonds. The summed E-state index contributed by atoms with van der Waals surface area (Å²) in [5, 5.41) is 5.93. The summed E-state index contributed by atoms with van der Waals surface area (Å²) in [6.07, 6.45) is 0.631. The fraction of sp³-hybridized carbons (Fsp3) is 0.467. The first-order valence-corrected chi connectivity index (χ1v) is 6.89. The van der Waals surface area contributed by atoms with Gasteiger partial charge in [-0.3, -0.25) is 9.59 Å². The van der Waals surface area contributed by atoms with Crippen LogP contribution in [0.2, 0.25) is 0 Å². The molecule has 1 aliphatic heterocycles. The van der Waals surface area contributed by atoms with E-state index in [0.717, 1.165) is 0 Å². The maximum Gasteiger partial charge on any atom is 0.240 e. The predicted octanol–water partition coefficient (Wildman–Crippen LogP) is 0.327. The van der Waals surface area contributed by atoms with Crippen LogP contribution in [0.4, 0.5) is 0 Å². The van der Waals surface area contributed by atoms with Gasteiger partial charge in [-0.1, -0.05) is 38.1 Å². The Labute approximate surface area is 118 Å². The van der Waals surface area contributed by atoms with E-state index in [0.29, 0.717) is 13.0 Å². The second kappa shape index (κ2) is 6.05. The second-order valence-electron chi connectivity index (χ2n) is 5.54. The molecule has 0 fully saturated rings. The zero-order valence-electron chi connectivity index (χ0n) is 11.8. The van der Waals surface area contributed by atoms with Crippen molar-refractivity contribution in [1.29, 1.82) is 0 Å². The van der Waals surface area contributed by atoms with Crippen LogP contribution in [0.15, 0.2) is 24.3 Å². The fourth-order valence-electron chi connectivity index (χ4n) is 2.46. The van der Waals surface area contributed by atoms with E-state index < -0.39 is 11.9 Å². The molecule has 0 radical (unpaired) electrons. The van der Waals surface area contributed by atoms with E-state index in [1.54, 1.807) is 0 Å². The van der Waals surface area contributed by atoms with Crippen molar-refractivity contribution in [1.82, 2.24) is 10.6 Å². The molecule has 1 aromatic carbocycles. The number of hydrogen-bond acceptors (Lipinski definition) is 3. The number of carbonyl (C=O) groups excluding carboxylic acids is 2. The molecule has 5 heteroatoms. The summed E-state index contributed by atoms with van der Waals surface area (Å²) in [7, 11) is 0. The van der Waals surface area contributed by atoms with Gasteiger partial charge in [-0.25, -0.2) is 0 Å². The molecule has 2 rings (SSSR count). The number of nitrogens with two attached hydrogens (primary N) is 1. The summed E-state index contributed by atoms with van der Waals surface area (Å²) in [5.74, 6) is -0.686. The summed E-state index contributed by atoms with van der Waals surface area (Å²) < 4.78 is 0. The van der Waals surface area contributed by atoms with Crippen LogP contribution in [0.3, 0.4) is 0 Å². The third-order valence-corrected chi connectivity index (χ3v) is 3.67. The van der Waals surface area contributed by atoms with Gasteiger partial charge < -0.3 is 16.4 Å². The van der Waals surface area contributed by atoms with Gasteiger partial charge in [-0.15, -0.1) is 0 Å². The fourth-order valence-corrected chi connectivity index (χ4v) is 2.46. The lowest BCUT2D eigenvalue weighted by Crippen LogP contribution is -2.55. The molecular weight excluding hydrogens is 254 g/mol. The lowest BCUT2D eigenvalue weighted by atomic mass is 9.95. The number of benzene rings is 1. The molecule has 4 N–H and O–H groups in total. The molecule has 0 aliphatic carbocycles. The highest BCUT2D eigenvalue weighted by atomic mass is 16.2. The smallest absolute Gasteiger partial charge is 0.240 e. The number of amides is 2. The molecule has 2 atom stereocenters. The van der Waals surface area contributed by atoms with Crippen LogP contribution < -0.4 is 16.4 Å². The van der Waals surface area contributed by atoms with E-state index in [2.05, 4.69) is 16.7 Å². The topological polar surface area (TPSA) is 84.2 Å². The quantitative estimate of drug-likeness (QED) is 0.740. The molecule has 1 aromatic rings. The number of fused-ring (bicyclic) bond motifs is 1. The van der Waals surface area contributed by atoms with Crippen molar-refractivity contribution in [2.24, 2.45) is 11.7 Å². The van der Waals surface area contributed by atoms with Gasteiger partial charge >= 0.3 is 0 Å². The molecule has 0 aromatic heterocycles. The van der Waals surface area contributed by atoms with E-state index in [-0.39, 0.29) is 17.9 Å². The van der Waals surface area contributed by atoms with Gasteiger partial charge in [-0.2, -0.15) is 0 Å². The molecule has 0 saturated heterocycles. The molecular formula is C15H21N3O2. The van der Waals surface area contributed by atoms with E-state index >= 15 is 0 Å². The highest BCUT2D eigenvalue weighted by Gasteiger charge is 2.28. The number of nitrogens with one attached hydrogen (secondary N) is 2. The van der Waals surface area contributed by atoms with Crippen LogP contribution in [-0.2, 0) is 22.6 Å². The standard InChI is InChI=1S/C15H21N3O2/c1-9(2)13(14(16)19)18-15(20)12-7-10-5-3-4-6-11(10)8-17-12/h3-6,9,12-13,17H,7-8H2,1-2H3,(H2,16,19)(H,18,20)/t12-,13?/m0/s1. The van der Waals surface area contributed by atoms with Crippen LogP contribution in [0, 0.1) is 5.92 Å². The SMILES string of the molecule is CC(C)C(NC(=O)[C@@H]1Cc2ccccc2CN1)C(N)=O. The molecule has 0 bridgehead atoms. The average molecular weight is 275 g/mol. The maximum atomic E-state index is 12.2. The summed E-state index contributed by atoms with van der Waals surface area (Å²) in [5.41, 5.74) is 7.71. The van der Waals surface area contributed by atoms with E-state index in [4.69, 9.17) is 5.73 Å². The average Bonchev–Trinajstić information content (AvgIpc) is 2.43. The van der Waals surface area contributed by atoms with Crippen LogP contribution >= 0.6 is 0 Å². The third kappa shape index (κ3) is 3.17. The minimum atomic E-state index is -0.624. The molecule has 5 nitrogen and oxygen atoms in total. The summed E-state index contributed by atoms with van der Waals surface area (Å²) >= 11 is 0. The summed E-state index contributed by atoms with van der Waals surface area (Å²) in [4.78, 5) is 23.6. The molecule has 0 saturated carbocycles. The summed E-state index contributed by atoms with van der Waals surface area (Å²) in [6.45, 7) is 4.38. The van der Waals surface area contributed by atoms with Crippen molar-refractivity contribution < 1.29 is 9.59 Å². The number of rotatable bonds is 4. The third-order valence-electron chi connectivity index (χ3n) is 3.67. The molecule has 20 heavy (non-hydrogen) atoms. The van der Waals surface area contributed by atoms with Gasteiger partial charge in [0.1, 0.15) is 6.04 Å². The van der Waals surface area contributed by atoms with Crippen LogP contribution in [-0.4, -0.2) is 23.9 Å². The van der Waals surface area contributed by atoms with Crippen molar-refractivity contribution >= 4 is 11.8 Å². The minimum absolute atomic E-state index is 0.0210. The van der Waals surface area contributed by atoms with Gasteiger partial charge in [0.25, 0.3) is 0 Å². The van der Waals surface area contributed by atoms with Gasteiger partial charge in [0, 0.05) is 6.54 Å². The normalized spacial score (nSPS) is 19.2. The highest BCUT2D eigenvalue weighted by Crippen LogP contribution is 2.16. The number of hydrogen-bond donors (Lipinski definition) is 3. The zero-order valence-corrected chi connectivity index (χ0v) is 11.8. The zero-order chi connectivity index (χ0) is 14.7. The van der Waals surface area contributed by atoms with Crippen molar-refractivity contribution in [2.75, 3.05) is 0 Å². The Morgan fingerprint density at radius 2 is 1.95 bits per heavy atom. The van der Waals surface area contributed by atoms with E-state index in [1.807, 2.05) is 32.0 Å². The van der Waals surface area contributed by atoms with Gasteiger partial charge in [0.15, 0.2) is 0 Å². The van der Waals surface area contributed by atoms with Crippen molar-refractivity contribution in [3.05, 3.63) is 35.4 Å². The molecule has 0 spiro atoms. The Balaban J connectivity index is 2.03. The number of primary amides is 1. The first kappa shape index (κ1) is 14.5. The largest absolute Gasteiger partial charge is 0.368 e. The van der Waals surface area contributed by atoms with E-state index in [1.165, 1.54) is 11.1 Å². The first-order valence-electron chi connectivity index (χ1n) is 6.89. The lowest BCUT2D eigenvalue weighted by molar-refractivity contribution is -0.129. The minimum Gasteiger partial charge on any atom is -0.368 e. The predicted molar refractivity (Wildman–Crippen MR) is 76.7 cm³/mol. The molecule has 1 aliphatic rings. The van der Waals surface area contributed by atoms with Gasteiger partial charge in [0.05, 0.1) is 6.04 Å². The Kier molecular flexibility index (Phi) is 4.39. The number of carbonyl (C=O) groups is 2. The van der Waals surface area contributed by atoms with Crippen molar-refractivity contribution in [2.45, 2.75) is 38.9 Å². The summed E-state index contributed by atoms with van der Waals surface area (Å²) in [6, 6.07) is 7.11. The monoisotopic (exact) mass is 275 g/mol. The molecule has 108 valence electrons. The molecule has 1 heterocycles. The lowest BCUT2D eigenvalue weighted by Gasteiger charge is -2.27. The second-order valence-corrected chi connectivity index (χ2v) is 5.54. The molecule has 1 unspecified atom stereocenters. The Morgan fingerprint density at radius 1 is 1.30 bits per heavy atom. The first-order chi connectivity index (χ1) is 9.49. The van der Waals surface area contributed by atoms with Crippen molar-refractivity contribution in [3.63, 3.8) is 0 Å². The van der Waals surface area contributed by atoms with Crippen LogP contribution in [0.1, 0.15) is 25.0 Å². The Morgan fingerprint density at radius 3 is 2.55 bits per heavy atom. The van der Waals surface area contributed by atoms with Gasteiger partial charge in [-0.05, 0) is 23.5 Å². The van der Waals surface area contributed by atoms with Crippen LogP contribution in [0.25, 0.3) is 0 Å². The van der Waals surface area contributed by atoms with Crippen LogP contribution in [0.5, 0.6) is 0 Å².